The van der Waals surface area contributed by atoms with E-state index in [9.17, 15) is 0 Å². The van der Waals surface area contributed by atoms with Gasteiger partial charge in [-0.25, -0.2) is 0 Å². The second-order valence-corrected chi connectivity index (χ2v) is 7.63. The van der Waals surface area contributed by atoms with E-state index in [2.05, 4.69) is 52.1 Å². The van der Waals surface area contributed by atoms with Crippen molar-refractivity contribution in [1.29, 1.82) is 5.26 Å². The number of benzene rings is 2. The first kappa shape index (κ1) is 17.5. The molecule has 0 spiro atoms. The number of nitrogens with one attached hydrogen (secondary N) is 1. The van der Waals surface area contributed by atoms with Gasteiger partial charge in [0.15, 0.2) is 0 Å². The van der Waals surface area contributed by atoms with Crippen molar-refractivity contribution < 1.29 is 0 Å². The van der Waals surface area contributed by atoms with E-state index >= 15 is 0 Å². The lowest BCUT2D eigenvalue weighted by Gasteiger charge is -2.20. The van der Waals surface area contributed by atoms with E-state index in [0.717, 1.165) is 31.4 Å². The van der Waals surface area contributed by atoms with Crippen molar-refractivity contribution in [2.75, 3.05) is 11.9 Å². The molecule has 25 heavy (non-hydrogen) atoms. The minimum Gasteiger partial charge on any atom is -0.384 e. The molecule has 3 rings (SSSR count). The van der Waals surface area contributed by atoms with Gasteiger partial charge in [-0.3, -0.25) is 0 Å². The highest BCUT2D eigenvalue weighted by Crippen LogP contribution is 2.36. The molecule has 130 valence electrons. The molecule has 0 radical (unpaired) electrons. The average molecular weight is 332 g/mol. The third-order valence-electron chi connectivity index (χ3n) is 5.59. The highest BCUT2D eigenvalue weighted by Gasteiger charge is 2.21. The normalized spacial score (nSPS) is 12.8. The Morgan fingerprint density at radius 2 is 1.76 bits per heavy atom. The number of nitrogens with zero attached hydrogens (tertiary/aromatic N) is 1. The van der Waals surface area contributed by atoms with Crippen LogP contribution in [-0.2, 0) is 19.3 Å². The molecule has 0 fully saturated rings. The summed E-state index contributed by atoms with van der Waals surface area (Å²) in [5.41, 5.74) is 12.0. The van der Waals surface area contributed by atoms with Crippen LogP contribution in [0, 0.1) is 32.1 Å². The average Bonchev–Trinajstić information content (AvgIpc) is 3.01. The van der Waals surface area contributed by atoms with Crippen LogP contribution in [0.2, 0.25) is 0 Å². The van der Waals surface area contributed by atoms with Crippen LogP contribution in [0.3, 0.4) is 0 Å². The number of rotatable bonds is 4. The Morgan fingerprint density at radius 3 is 2.36 bits per heavy atom. The molecule has 1 aliphatic heterocycles. The molecular weight excluding hydrogens is 304 g/mol. The summed E-state index contributed by atoms with van der Waals surface area (Å²) in [5, 5.41) is 12.7. The lowest BCUT2D eigenvalue weighted by Crippen LogP contribution is -2.05. The zero-order chi connectivity index (χ0) is 18.1. The lowest BCUT2D eigenvalue weighted by atomic mass is 9.86. The van der Waals surface area contributed by atoms with Crippen molar-refractivity contribution in [3.8, 4) is 6.07 Å². The fraction of sp³-hybridized carbons (Fsp3) is 0.435. The van der Waals surface area contributed by atoms with Gasteiger partial charge in [0, 0.05) is 12.2 Å². The second kappa shape index (κ2) is 6.92. The van der Waals surface area contributed by atoms with Gasteiger partial charge in [0.2, 0.25) is 0 Å². The molecule has 0 aromatic heterocycles. The Hall–Kier alpha value is -2.27. The molecule has 2 nitrogen and oxygen atoms in total. The summed E-state index contributed by atoms with van der Waals surface area (Å²) in [6.45, 7) is 12.2. The van der Waals surface area contributed by atoms with Gasteiger partial charge < -0.3 is 5.32 Å². The summed E-state index contributed by atoms with van der Waals surface area (Å²) in [5.74, 6) is 0.562. The fourth-order valence-corrected chi connectivity index (χ4v) is 4.42. The lowest BCUT2D eigenvalue weighted by molar-refractivity contribution is 0.827. The van der Waals surface area contributed by atoms with Gasteiger partial charge in [-0.1, -0.05) is 13.8 Å². The number of hydrogen-bond donors (Lipinski definition) is 1. The van der Waals surface area contributed by atoms with E-state index in [-0.39, 0.29) is 0 Å². The molecule has 0 unspecified atom stereocenters. The van der Waals surface area contributed by atoms with Gasteiger partial charge in [0.25, 0.3) is 0 Å². The van der Waals surface area contributed by atoms with E-state index in [1.54, 1.807) is 5.56 Å². The maximum absolute atomic E-state index is 9.14. The van der Waals surface area contributed by atoms with E-state index < -0.39 is 0 Å². The largest absolute Gasteiger partial charge is 0.384 e. The highest BCUT2D eigenvalue weighted by molar-refractivity contribution is 5.64. The van der Waals surface area contributed by atoms with Crippen molar-refractivity contribution >= 4 is 5.69 Å². The van der Waals surface area contributed by atoms with Crippen molar-refractivity contribution in [1.82, 2.24) is 0 Å². The minimum absolute atomic E-state index is 0.562. The van der Waals surface area contributed by atoms with Gasteiger partial charge >= 0.3 is 0 Å². The zero-order valence-electron chi connectivity index (χ0n) is 16.1. The van der Waals surface area contributed by atoms with E-state index in [1.807, 2.05) is 12.1 Å². The molecule has 2 aromatic carbocycles. The first-order chi connectivity index (χ1) is 11.9. The maximum Gasteiger partial charge on any atom is 0.0991 e. The molecular formula is C23H28N2. The minimum atomic E-state index is 0.562. The highest BCUT2D eigenvalue weighted by atomic mass is 14.9. The van der Waals surface area contributed by atoms with E-state index in [1.165, 1.54) is 39.1 Å². The molecule has 1 heterocycles. The topological polar surface area (TPSA) is 35.8 Å². The predicted molar refractivity (Wildman–Crippen MR) is 106 cm³/mol. The smallest absolute Gasteiger partial charge is 0.0991 e. The third kappa shape index (κ3) is 3.29. The van der Waals surface area contributed by atoms with Crippen molar-refractivity contribution in [2.24, 2.45) is 0 Å². The van der Waals surface area contributed by atoms with Crippen LogP contribution in [0.25, 0.3) is 0 Å². The van der Waals surface area contributed by atoms with Crippen molar-refractivity contribution in [3.63, 3.8) is 0 Å². The SMILES string of the molecule is Cc1cc(C#N)cc(C)c1CCc1cc2c(c(C(C)C)c1C)CCN2. The molecule has 0 saturated carbocycles. The Kier molecular flexibility index (Phi) is 4.86. The summed E-state index contributed by atoms with van der Waals surface area (Å²) in [6, 6.07) is 8.66. The molecule has 2 aromatic rings. The van der Waals surface area contributed by atoms with Gasteiger partial charge in [-0.2, -0.15) is 5.26 Å². The molecule has 2 heteroatoms. The molecule has 0 amide bonds. The molecule has 0 saturated heterocycles. The van der Waals surface area contributed by atoms with Gasteiger partial charge in [0.1, 0.15) is 0 Å². The van der Waals surface area contributed by atoms with Crippen LogP contribution >= 0.6 is 0 Å². The summed E-state index contributed by atoms with van der Waals surface area (Å²) >= 11 is 0. The molecule has 0 bridgehead atoms. The van der Waals surface area contributed by atoms with Crippen LogP contribution < -0.4 is 5.32 Å². The Morgan fingerprint density at radius 1 is 1.08 bits per heavy atom. The van der Waals surface area contributed by atoms with Gasteiger partial charge in [-0.05, 0) is 103 Å². The summed E-state index contributed by atoms with van der Waals surface area (Å²) in [6.07, 6.45) is 3.23. The number of hydrogen-bond acceptors (Lipinski definition) is 2. The van der Waals surface area contributed by atoms with Gasteiger partial charge in [-0.15, -0.1) is 0 Å². The second-order valence-electron chi connectivity index (χ2n) is 7.63. The van der Waals surface area contributed by atoms with Gasteiger partial charge in [0.05, 0.1) is 11.6 Å². The fourth-order valence-electron chi connectivity index (χ4n) is 4.42. The summed E-state index contributed by atoms with van der Waals surface area (Å²) in [4.78, 5) is 0. The summed E-state index contributed by atoms with van der Waals surface area (Å²) < 4.78 is 0. The molecule has 0 atom stereocenters. The van der Waals surface area contributed by atoms with Crippen LogP contribution in [0.15, 0.2) is 18.2 Å². The predicted octanol–water partition coefficient (Wildman–Crippen LogP) is 5.36. The standard InChI is InChI=1S/C23H28N2/c1-14(2)23-17(5)19(12-22-21(23)8-9-25-22)6-7-20-15(3)10-18(13-24)11-16(20)4/h10-12,14,25H,6-9H2,1-5H3. The zero-order valence-corrected chi connectivity index (χ0v) is 16.1. The van der Waals surface area contributed by atoms with Crippen LogP contribution in [0.5, 0.6) is 0 Å². The van der Waals surface area contributed by atoms with Crippen LogP contribution in [0.4, 0.5) is 5.69 Å². The first-order valence-electron chi connectivity index (χ1n) is 9.31. The molecule has 1 N–H and O–H groups in total. The van der Waals surface area contributed by atoms with Crippen molar-refractivity contribution in [2.45, 2.75) is 59.8 Å². The first-order valence-corrected chi connectivity index (χ1v) is 9.31. The monoisotopic (exact) mass is 332 g/mol. The Balaban J connectivity index is 1.93. The van der Waals surface area contributed by atoms with Crippen molar-refractivity contribution in [3.05, 3.63) is 62.7 Å². The molecule has 1 aliphatic rings. The third-order valence-corrected chi connectivity index (χ3v) is 5.59. The van der Waals surface area contributed by atoms with Crippen LogP contribution in [0.1, 0.15) is 64.3 Å². The number of aryl methyl sites for hydroxylation is 3. The number of anilines is 1. The Bertz CT molecular complexity index is 830. The quantitative estimate of drug-likeness (QED) is 0.818. The van der Waals surface area contributed by atoms with E-state index in [0.29, 0.717) is 5.92 Å². The van der Waals surface area contributed by atoms with Crippen LogP contribution in [-0.4, -0.2) is 6.54 Å². The number of nitriles is 1. The Labute approximate surface area is 151 Å². The van der Waals surface area contributed by atoms with E-state index in [4.69, 9.17) is 5.26 Å². The maximum atomic E-state index is 9.14. The number of fused-ring (bicyclic) bond motifs is 1. The summed E-state index contributed by atoms with van der Waals surface area (Å²) in [7, 11) is 0. The molecule has 0 aliphatic carbocycles.